The van der Waals surface area contributed by atoms with Crippen LogP contribution in [0.3, 0.4) is 0 Å². The Bertz CT molecular complexity index is 3180. The molecule has 1 saturated heterocycles. The zero-order chi connectivity index (χ0) is 47.0. The van der Waals surface area contributed by atoms with Gasteiger partial charge in [0.15, 0.2) is 11.6 Å². The van der Waals surface area contributed by atoms with E-state index in [1.165, 1.54) is 12.1 Å². The standard InChI is InChI=1S/C55H49N5O7/c1-7-34-26(2)41-24-46-49(30(6)67-25-31-12-17-38-39(20-31)54(64)37-11-9-8-10-36(37)53(38)63)28(4)43(58-46)22-42-27(3)35(18-19-48(62)56-33-15-13-32(14-16-33)55(65)66)51(59-42)40-21-47(61)50-29(5)44(60-52(40)50)23-45(34)57-41/h8-17,20,22-24,27,30,35,59,61H,7,18-19,21,25H2,1-6H3,(H,56,62)(H,65,66)/t27-,30?,35-/m0/s1. The maximum atomic E-state index is 13.6. The number of ether oxygens (including phenoxy) is 1. The summed E-state index contributed by atoms with van der Waals surface area (Å²) < 4.78 is 6.64. The van der Waals surface area contributed by atoms with Crippen LogP contribution in [-0.4, -0.2) is 56.9 Å². The molecule has 7 aliphatic rings. The maximum Gasteiger partial charge on any atom is 0.335 e. The number of allylic oxidation sites excluding steroid dienone is 11. The highest BCUT2D eigenvalue weighted by Gasteiger charge is 2.42. The SMILES string of the molecule is CCC1=C(C)C2=NC1=CC1=C(C)C3=C(O)CC(=C4NC(=CC5=NC(=C2)C(C(C)OCc2ccc6c(c2)C(=O)c2ccccc2C6=O)=C5C)[C@@H](C)[C@@H]4CCC(=O)Nc2ccc(C(=O)O)cc2)C3=N1. The van der Waals surface area contributed by atoms with Crippen LogP contribution in [0.2, 0.25) is 0 Å². The van der Waals surface area contributed by atoms with Crippen molar-refractivity contribution in [2.24, 2.45) is 26.8 Å². The highest BCUT2D eigenvalue weighted by atomic mass is 16.5. The number of rotatable bonds is 10. The van der Waals surface area contributed by atoms with Gasteiger partial charge in [-0.25, -0.2) is 19.8 Å². The van der Waals surface area contributed by atoms with Gasteiger partial charge >= 0.3 is 5.97 Å². The lowest BCUT2D eigenvalue weighted by molar-refractivity contribution is -0.116. The molecule has 336 valence electrons. The first kappa shape index (κ1) is 43.3. The lowest BCUT2D eigenvalue weighted by Crippen LogP contribution is -2.21. The van der Waals surface area contributed by atoms with Crippen LogP contribution in [0.1, 0.15) is 115 Å². The second-order valence-electron chi connectivity index (χ2n) is 18.0. The van der Waals surface area contributed by atoms with E-state index in [0.717, 1.165) is 96.6 Å². The summed E-state index contributed by atoms with van der Waals surface area (Å²) >= 11 is 0. The molecule has 8 bridgehead atoms. The summed E-state index contributed by atoms with van der Waals surface area (Å²) in [5.74, 6) is -1.57. The number of carboxylic acid groups (broad SMARTS) is 1. The Kier molecular flexibility index (Phi) is 10.8. The van der Waals surface area contributed by atoms with E-state index in [1.807, 2.05) is 39.0 Å². The third-order valence-electron chi connectivity index (χ3n) is 14.1. The fourth-order valence-corrected chi connectivity index (χ4v) is 10.4. The summed E-state index contributed by atoms with van der Waals surface area (Å²) in [5.41, 5.74) is 15.8. The molecule has 1 amide bonds. The summed E-state index contributed by atoms with van der Waals surface area (Å²) in [5, 5.41) is 27.6. The van der Waals surface area contributed by atoms with Crippen molar-refractivity contribution in [3.05, 3.63) is 192 Å². The van der Waals surface area contributed by atoms with Gasteiger partial charge in [-0.3, -0.25) is 14.4 Å². The summed E-state index contributed by atoms with van der Waals surface area (Å²) in [4.78, 5) is 67.4. The number of carbonyl (C=O) groups excluding carboxylic acids is 3. The first-order valence-electron chi connectivity index (χ1n) is 22.7. The molecule has 0 aromatic heterocycles. The second-order valence-corrected chi connectivity index (χ2v) is 18.0. The van der Waals surface area contributed by atoms with Crippen LogP contribution in [0.25, 0.3) is 0 Å². The number of carbonyl (C=O) groups is 4. The third-order valence-corrected chi connectivity index (χ3v) is 14.1. The van der Waals surface area contributed by atoms with Gasteiger partial charge in [-0.1, -0.05) is 44.2 Å². The number of aliphatic imine (C=N–C) groups is 3. The van der Waals surface area contributed by atoms with Crippen molar-refractivity contribution >= 4 is 46.3 Å². The quantitative estimate of drug-likeness (QED) is 0.121. The molecule has 67 heavy (non-hydrogen) atoms. The monoisotopic (exact) mass is 891 g/mol. The number of nitrogens with one attached hydrogen (secondary N) is 2. The molecule has 4 N–H and O–H groups in total. The van der Waals surface area contributed by atoms with E-state index in [1.54, 1.807) is 48.5 Å². The molecule has 12 heteroatoms. The van der Waals surface area contributed by atoms with Crippen LogP contribution in [0, 0.1) is 11.8 Å². The van der Waals surface area contributed by atoms with Gasteiger partial charge in [-0.05, 0) is 123 Å². The van der Waals surface area contributed by atoms with Crippen molar-refractivity contribution in [3.8, 4) is 0 Å². The number of carboxylic acids is 1. The Balaban J connectivity index is 1.01. The molecule has 5 heterocycles. The Hall–Kier alpha value is -7.57. The number of ketones is 2. The number of aromatic carboxylic acids is 1. The lowest BCUT2D eigenvalue weighted by atomic mass is 9.83. The van der Waals surface area contributed by atoms with Crippen LogP contribution in [0.15, 0.2) is 173 Å². The number of fused-ring (bicyclic) bond motifs is 7. The fourth-order valence-electron chi connectivity index (χ4n) is 10.4. The summed E-state index contributed by atoms with van der Waals surface area (Å²) in [7, 11) is 0. The molecule has 5 aliphatic heterocycles. The van der Waals surface area contributed by atoms with E-state index in [4.69, 9.17) is 19.7 Å². The first-order chi connectivity index (χ1) is 32.2. The number of aliphatic hydroxyl groups is 1. The van der Waals surface area contributed by atoms with Gasteiger partial charge in [-0.2, -0.15) is 0 Å². The number of anilines is 1. The average Bonchev–Trinajstić information content (AvgIpc) is 4.08. The highest BCUT2D eigenvalue weighted by molar-refractivity contribution is 6.28. The predicted octanol–water partition coefficient (Wildman–Crippen LogP) is 10.2. The van der Waals surface area contributed by atoms with Crippen molar-refractivity contribution < 1.29 is 34.1 Å². The van der Waals surface area contributed by atoms with Crippen molar-refractivity contribution in [3.63, 3.8) is 0 Å². The van der Waals surface area contributed by atoms with Crippen molar-refractivity contribution in [2.45, 2.75) is 79.9 Å². The second kappa shape index (κ2) is 16.7. The Morgan fingerprint density at radius 2 is 1.54 bits per heavy atom. The average molecular weight is 892 g/mol. The van der Waals surface area contributed by atoms with Crippen LogP contribution in [0.5, 0.6) is 0 Å². The number of amides is 1. The largest absolute Gasteiger partial charge is 0.511 e. The molecular weight excluding hydrogens is 843 g/mol. The van der Waals surface area contributed by atoms with Gasteiger partial charge in [0.25, 0.3) is 0 Å². The van der Waals surface area contributed by atoms with Crippen LogP contribution < -0.4 is 10.6 Å². The van der Waals surface area contributed by atoms with Crippen LogP contribution in [-0.2, 0) is 16.1 Å². The van der Waals surface area contributed by atoms with Crippen LogP contribution in [0.4, 0.5) is 5.69 Å². The Morgan fingerprint density at radius 1 is 0.851 bits per heavy atom. The molecule has 2 aliphatic carbocycles. The van der Waals surface area contributed by atoms with E-state index in [-0.39, 0.29) is 53.7 Å². The molecular formula is C55H49N5O7. The van der Waals surface area contributed by atoms with E-state index in [2.05, 4.69) is 37.5 Å². The normalized spacial score (nSPS) is 20.9. The van der Waals surface area contributed by atoms with E-state index >= 15 is 0 Å². The third kappa shape index (κ3) is 7.41. The van der Waals surface area contributed by atoms with Gasteiger partial charge in [-0.15, -0.1) is 0 Å². The molecule has 3 aromatic carbocycles. The van der Waals surface area contributed by atoms with Gasteiger partial charge in [0.05, 0.1) is 52.5 Å². The smallest absolute Gasteiger partial charge is 0.335 e. The lowest BCUT2D eigenvalue weighted by Gasteiger charge is -2.20. The Labute approximate surface area is 388 Å². The van der Waals surface area contributed by atoms with Gasteiger partial charge < -0.3 is 25.6 Å². The number of aliphatic hydroxyl groups excluding tert-OH is 1. The molecule has 3 atom stereocenters. The molecule has 3 aromatic rings. The Morgan fingerprint density at radius 3 is 2.25 bits per heavy atom. The number of hydrogen-bond donors (Lipinski definition) is 4. The molecule has 0 spiro atoms. The molecule has 0 radical (unpaired) electrons. The minimum absolute atomic E-state index is 0.0893. The van der Waals surface area contributed by atoms with E-state index in [9.17, 15) is 29.4 Å². The minimum Gasteiger partial charge on any atom is -0.511 e. The number of benzene rings is 3. The molecule has 1 fully saturated rings. The maximum absolute atomic E-state index is 13.6. The van der Waals surface area contributed by atoms with E-state index in [0.29, 0.717) is 40.8 Å². The molecule has 12 nitrogen and oxygen atoms in total. The van der Waals surface area contributed by atoms with Crippen molar-refractivity contribution in [2.75, 3.05) is 5.32 Å². The first-order valence-corrected chi connectivity index (χ1v) is 22.7. The topological polar surface area (TPSA) is 179 Å². The van der Waals surface area contributed by atoms with E-state index < -0.39 is 12.1 Å². The molecule has 10 rings (SSSR count). The number of hydrogen-bond acceptors (Lipinski definition) is 10. The van der Waals surface area contributed by atoms with Crippen molar-refractivity contribution in [1.29, 1.82) is 0 Å². The highest BCUT2D eigenvalue weighted by Crippen LogP contribution is 2.47. The molecule has 1 unspecified atom stereocenters. The molecule has 0 saturated carbocycles. The van der Waals surface area contributed by atoms with Gasteiger partial charge in [0, 0.05) is 80.7 Å². The summed E-state index contributed by atoms with van der Waals surface area (Å²) in [6.45, 7) is 12.5. The number of nitrogens with zero attached hydrogens (tertiary/aromatic N) is 3. The zero-order valence-corrected chi connectivity index (χ0v) is 38.1. The van der Waals surface area contributed by atoms with Gasteiger partial charge in [0.2, 0.25) is 5.91 Å². The summed E-state index contributed by atoms with van der Waals surface area (Å²) in [6, 6.07) is 18.3. The predicted molar refractivity (Wildman–Crippen MR) is 257 cm³/mol. The summed E-state index contributed by atoms with van der Waals surface area (Å²) in [6.07, 6.45) is 7.37. The van der Waals surface area contributed by atoms with Gasteiger partial charge in [0.1, 0.15) is 5.76 Å². The van der Waals surface area contributed by atoms with Crippen molar-refractivity contribution in [1.82, 2.24) is 5.32 Å². The minimum atomic E-state index is -1.04. The fraction of sp³-hybridized carbons (Fsp3) is 0.255. The zero-order valence-electron chi connectivity index (χ0n) is 38.1. The van der Waals surface area contributed by atoms with Crippen LogP contribution >= 0.6 is 0 Å².